The zero-order chi connectivity index (χ0) is 15.5. The maximum atomic E-state index is 13.1. The number of alkyl halides is 3. The van der Waals surface area contributed by atoms with Crippen molar-refractivity contribution in [2.24, 2.45) is 5.84 Å². The minimum absolute atomic E-state index is 0.0710. The van der Waals surface area contributed by atoms with Crippen molar-refractivity contribution in [3.05, 3.63) is 53.5 Å². The van der Waals surface area contributed by atoms with Gasteiger partial charge in [-0.15, -0.1) is 0 Å². The van der Waals surface area contributed by atoms with E-state index in [2.05, 4.69) is 10.4 Å². The molecular weight excluding hydrogens is 290 g/mol. The number of nitrogen functional groups attached to an aromatic ring is 1. The van der Waals surface area contributed by atoms with Crippen molar-refractivity contribution in [1.29, 1.82) is 0 Å². The minimum Gasteiger partial charge on any atom is -0.487 e. The van der Waals surface area contributed by atoms with Crippen LogP contribution in [0.3, 0.4) is 0 Å². The summed E-state index contributed by atoms with van der Waals surface area (Å²) in [5.74, 6) is 4.14. The number of hydrogen-bond donors (Lipinski definition) is 2. The van der Waals surface area contributed by atoms with E-state index in [1.54, 1.807) is 18.2 Å². The van der Waals surface area contributed by atoms with Gasteiger partial charge in [0.25, 0.3) is 0 Å². The van der Waals surface area contributed by atoms with Crippen LogP contribution in [0.25, 0.3) is 0 Å². The fourth-order valence-corrected chi connectivity index (χ4v) is 1.61. The third-order valence-electron chi connectivity index (χ3n) is 2.58. The highest BCUT2D eigenvalue weighted by atomic mass is 19.4. The molecule has 0 fully saturated rings. The van der Waals surface area contributed by atoms with Crippen LogP contribution in [0.1, 0.15) is 11.3 Å². The second-order valence-corrected chi connectivity index (χ2v) is 4.09. The number of nitrogens with one attached hydrogen (secondary N) is 1. The summed E-state index contributed by atoms with van der Waals surface area (Å²) in [6, 6.07) is 7.34. The first-order valence-electron chi connectivity index (χ1n) is 5.82. The van der Waals surface area contributed by atoms with Crippen molar-refractivity contribution in [1.82, 2.24) is 4.98 Å². The van der Waals surface area contributed by atoms with Gasteiger partial charge in [-0.05, 0) is 30.3 Å². The number of nitrogens with two attached hydrogens (primary N) is 1. The van der Waals surface area contributed by atoms with E-state index in [0.717, 1.165) is 6.07 Å². The molecule has 0 saturated heterocycles. The van der Waals surface area contributed by atoms with Crippen LogP contribution >= 0.6 is 0 Å². The first-order chi connectivity index (χ1) is 9.90. The normalized spacial score (nSPS) is 11.3. The zero-order valence-corrected chi connectivity index (χ0v) is 10.6. The molecule has 4 nitrogen and oxygen atoms in total. The molecule has 0 spiro atoms. The number of benzene rings is 1. The number of aromatic nitrogens is 1. The van der Waals surface area contributed by atoms with Crippen molar-refractivity contribution >= 4 is 5.82 Å². The predicted molar refractivity (Wildman–Crippen MR) is 67.8 cm³/mol. The number of nitrogens with zero attached hydrogens (tertiary/aromatic N) is 1. The molecule has 0 atom stereocenters. The first-order valence-corrected chi connectivity index (χ1v) is 5.82. The quantitative estimate of drug-likeness (QED) is 0.517. The molecule has 21 heavy (non-hydrogen) atoms. The van der Waals surface area contributed by atoms with Crippen LogP contribution in [0.4, 0.5) is 23.4 Å². The molecule has 1 aromatic carbocycles. The summed E-state index contributed by atoms with van der Waals surface area (Å²) >= 11 is 0. The number of hydrogen-bond acceptors (Lipinski definition) is 4. The van der Waals surface area contributed by atoms with Crippen LogP contribution in [0.2, 0.25) is 0 Å². The fourth-order valence-electron chi connectivity index (χ4n) is 1.61. The molecule has 0 unspecified atom stereocenters. The number of anilines is 1. The highest BCUT2D eigenvalue weighted by Gasteiger charge is 2.34. The number of halogens is 4. The van der Waals surface area contributed by atoms with Crippen molar-refractivity contribution < 1.29 is 22.3 Å². The molecule has 0 aliphatic heterocycles. The topological polar surface area (TPSA) is 60.2 Å². The van der Waals surface area contributed by atoms with Gasteiger partial charge >= 0.3 is 6.18 Å². The van der Waals surface area contributed by atoms with Gasteiger partial charge < -0.3 is 10.2 Å². The molecule has 8 heteroatoms. The van der Waals surface area contributed by atoms with Gasteiger partial charge in [0.05, 0.1) is 11.3 Å². The average Bonchev–Trinajstić information content (AvgIpc) is 2.45. The first kappa shape index (κ1) is 15.0. The number of ether oxygens (including phenoxy) is 1. The van der Waals surface area contributed by atoms with Crippen LogP contribution in [0.5, 0.6) is 5.75 Å². The molecule has 1 heterocycles. The third kappa shape index (κ3) is 3.82. The Morgan fingerprint density at radius 1 is 1.19 bits per heavy atom. The summed E-state index contributed by atoms with van der Waals surface area (Å²) in [5, 5.41) is 0. The Balaban J connectivity index is 2.13. The molecular formula is C13H11F4N3O. The van der Waals surface area contributed by atoms with Gasteiger partial charge in [0, 0.05) is 0 Å². The van der Waals surface area contributed by atoms with Gasteiger partial charge in [-0.3, -0.25) is 0 Å². The summed E-state index contributed by atoms with van der Waals surface area (Å²) in [6.07, 6.45) is -4.77. The van der Waals surface area contributed by atoms with Crippen molar-refractivity contribution in [2.75, 3.05) is 5.43 Å². The zero-order valence-electron chi connectivity index (χ0n) is 10.6. The van der Waals surface area contributed by atoms with Gasteiger partial charge in [0.15, 0.2) is 0 Å². The van der Waals surface area contributed by atoms with Gasteiger partial charge in [-0.25, -0.2) is 15.2 Å². The molecule has 1 aromatic heterocycles. The maximum Gasteiger partial charge on any atom is 0.419 e. The second kappa shape index (κ2) is 5.96. The molecule has 0 saturated carbocycles. The molecule has 0 bridgehead atoms. The second-order valence-electron chi connectivity index (χ2n) is 4.09. The standard InChI is InChI=1S/C13H11F4N3O/c14-11-5-4-9(6-10(11)13(15,16)17)21-7-8-2-1-3-12(19-8)20-18/h1-6H,7,18H2,(H,19,20). The van der Waals surface area contributed by atoms with Crippen LogP contribution in [0, 0.1) is 5.82 Å². The Bertz CT molecular complexity index is 631. The van der Waals surface area contributed by atoms with Crippen LogP contribution in [-0.4, -0.2) is 4.98 Å². The highest BCUT2D eigenvalue weighted by molar-refractivity contribution is 5.34. The molecule has 0 aliphatic rings. The molecule has 2 aromatic rings. The molecule has 0 radical (unpaired) electrons. The van der Waals surface area contributed by atoms with E-state index in [4.69, 9.17) is 10.6 Å². The lowest BCUT2D eigenvalue weighted by atomic mass is 10.2. The maximum absolute atomic E-state index is 13.1. The van der Waals surface area contributed by atoms with E-state index in [1.165, 1.54) is 0 Å². The largest absolute Gasteiger partial charge is 0.487 e. The number of rotatable bonds is 4. The third-order valence-corrected chi connectivity index (χ3v) is 2.58. The van der Waals surface area contributed by atoms with E-state index >= 15 is 0 Å². The lowest BCUT2D eigenvalue weighted by molar-refractivity contribution is -0.140. The minimum atomic E-state index is -4.77. The molecule has 0 amide bonds. The predicted octanol–water partition coefficient (Wildman–Crippen LogP) is 3.10. The van der Waals surface area contributed by atoms with Crippen LogP contribution in [0.15, 0.2) is 36.4 Å². The van der Waals surface area contributed by atoms with E-state index in [0.29, 0.717) is 23.6 Å². The van der Waals surface area contributed by atoms with Crippen molar-refractivity contribution in [3.8, 4) is 5.75 Å². The number of hydrazine groups is 1. The molecule has 0 aliphatic carbocycles. The van der Waals surface area contributed by atoms with Crippen LogP contribution in [-0.2, 0) is 12.8 Å². The lowest BCUT2D eigenvalue weighted by Gasteiger charge is -2.11. The molecule has 3 N–H and O–H groups in total. The Morgan fingerprint density at radius 2 is 1.95 bits per heavy atom. The van der Waals surface area contributed by atoms with Gasteiger partial charge in [-0.1, -0.05) is 6.07 Å². The molecule has 112 valence electrons. The summed E-state index contributed by atoms with van der Waals surface area (Å²) < 4.78 is 56.0. The van der Waals surface area contributed by atoms with Crippen LogP contribution < -0.4 is 16.0 Å². The highest BCUT2D eigenvalue weighted by Crippen LogP contribution is 2.33. The van der Waals surface area contributed by atoms with Gasteiger partial charge in [0.2, 0.25) is 0 Å². The van der Waals surface area contributed by atoms with Crippen molar-refractivity contribution in [3.63, 3.8) is 0 Å². The smallest absolute Gasteiger partial charge is 0.419 e. The SMILES string of the molecule is NNc1cccc(COc2ccc(F)c(C(F)(F)F)c2)n1. The summed E-state index contributed by atoms with van der Waals surface area (Å²) in [5.41, 5.74) is 1.43. The monoisotopic (exact) mass is 301 g/mol. The Labute approximate surface area is 117 Å². The van der Waals surface area contributed by atoms with E-state index in [1.807, 2.05) is 0 Å². The Morgan fingerprint density at radius 3 is 2.62 bits per heavy atom. The van der Waals surface area contributed by atoms with Crippen molar-refractivity contribution in [2.45, 2.75) is 12.8 Å². The van der Waals surface area contributed by atoms with Gasteiger partial charge in [0.1, 0.15) is 24.0 Å². The average molecular weight is 301 g/mol. The summed E-state index contributed by atoms with van der Waals surface area (Å²) in [6.45, 7) is -0.0710. The van der Waals surface area contributed by atoms with E-state index in [-0.39, 0.29) is 12.4 Å². The lowest BCUT2D eigenvalue weighted by Crippen LogP contribution is -2.10. The summed E-state index contributed by atoms with van der Waals surface area (Å²) in [4.78, 5) is 4.04. The van der Waals surface area contributed by atoms with E-state index in [9.17, 15) is 17.6 Å². The Kier molecular flexibility index (Phi) is 4.27. The van der Waals surface area contributed by atoms with Gasteiger partial charge in [-0.2, -0.15) is 13.2 Å². The summed E-state index contributed by atoms with van der Waals surface area (Å²) in [7, 11) is 0. The fraction of sp³-hybridized carbons (Fsp3) is 0.154. The number of pyridine rings is 1. The van der Waals surface area contributed by atoms with E-state index < -0.39 is 17.6 Å². The molecule has 2 rings (SSSR count). The Hall–Kier alpha value is -2.35.